The molecular weight excluding hydrogens is 364 g/mol. The highest BCUT2D eigenvalue weighted by Crippen LogP contribution is 2.33. The van der Waals surface area contributed by atoms with Crippen LogP contribution in [-0.2, 0) is 11.2 Å². The first-order chi connectivity index (χ1) is 14.1. The van der Waals surface area contributed by atoms with Gasteiger partial charge in [0.2, 0.25) is 12.4 Å². The van der Waals surface area contributed by atoms with E-state index >= 15 is 0 Å². The van der Waals surface area contributed by atoms with Crippen molar-refractivity contribution in [1.29, 1.82) is 0 Å². The number of hydrogen-bond acceptors (Lipinski definition) is 2. The number of aliphatic carboxylic acids is 1. The highest BCUT2D eigenvalue weighted by molar-refractivity contribution is 5.79. The normalized spacial score (nSPS) is 11.9. The second kappa shape index (κ2) is 8.02. The van der Waals surface area contributed by atoms with E-state index in [2.05, 4.69) is 0 Å². The van der Waals surface area contributed by atoms with Crippen LogP contribution < -0.4 is 4.73 Å². The standard InChI is InChI=1S/C24H20N2O3/c27-24(28)21(16-18-10-4-1-5-11-18)25-17-26(29)23(20-14-8-3-9-15-20)22(25)19-12-6-2-7-13-19/h1-15,17,21H,16H2,(H,27,28)/t21-/m0/s1. The van der Waals surface area contributed by atoms with Crippen LogP contribution in [0.25, 0.3) is 22.5 Å². The zero-order valence-corrected chi connectivity index (χ0v) is 15.7. The maximum Gasteiger partial charge on any atom is 0.349 e. The fourth-order valence-electron chi connectivity index (χ4n) is 3.58. The number of hydrogen-bond donors (Lipinski definition) is 1. The Morgan fingerprint density at radius 2 is 1.38 bits per heavy atom. The van der Waals surface area contributed by atoms with Crippen molar-refractivity contribution in [3.63, 3.8) is 0 Å². The molecule has 1 N–H and O–H groups in total. The predicted octanol–water partition coefficient (Wildman–Crippen LogP) is 4.32. The Morgan fingerprint density at radius 3 is 1.93 bits per heavy atom. The van der Waals surface area contributed by atoms with Gasteiger partial charge < -0.3 is 10.3 Å². The van der Waals surface area contributed by atoms with E-state index in [1.165, 1.54) is 6.33 Å². The van der Waals surface area contributed by atoms with Gasteiger partial charge in [-0.25, -0.2) is 14.1 Å². The SMILES string of the molecule is O=C(O)[C@H](Cc1ccccc1)n1c[n+]([O-])c(-c2ccccc2)c1-c1ccccc1. The summed E-state index contributed by atoms with van der Waals surface area (Å²) in [6.45, 7) is 0. The lowest BCUT2D eigenvalue weighted by atomic mass is 10.0. The van der Waals surface area contributed by atoms with Gasteiger partial charge in [0, 0.05) is 17.5 Å². The molecule has 0 aliphatic rings. The number of carboxylic acid groups (broad SMARTS) is 1. The van der Waals surface area contributed by atoms with Gasteiger partial charge in [-0.2, -0.15) is 0 Å². The molecule has 0 fully saturated rings. The third-order valence-corrected chi connectivity index (χ3v) is 4.92. The van der Waals surface area contributed by atoms with Crippen LogP contribution in [0.15, 0.2) is 97.3 Å². The molecule has 4 rings (SSSR count). The predicted molar refractivity (Wildman–Crippen MR) is 111 cm³/mol. The van der Waals surface area contributed by atoms with E-state index in [0.717, 1.165) is 21.4 Å². The zero-order valence-electron chi connectivity index (χ0n) is 15.7. The Bertz CT molecular complexity index is 1110. The summed E-state index contributed by atoms with van der Waals surface area (Å²) < 4.78 is 2.35. The Morgan fingerprint density at radius 1 is 0.862 bits per heavy atom. The fourth-order valence-corrected chi connectivity index (χ4v) is 3.58. The van der Waals surface area contributed by atoms with Crippen LogP contribution in [0.5, 0.6) is 0 Å². The number of benzene rings is 3. The summed E-state index contributed by atoms with van der Waals surface area (Å²) in [6, 6.07) is 27.3. The molecule has 29 heavy (non-hydrogen) atoms. The Labute approximate surface area is 168 Å². The number of carbonyl (C=O) groups is 1. The van der Waals surface area contributed by atoms with Gasteiger partial charge in [0.15, 0.2) is 11.4 Å². The Balaban J connectivity index is 1.92. The van der Waals surface area contributed by atoms with Crippen LogP contribution >= 0.6 is 0 Å². The van der Waals surface area contributed by atoms with Crippen molar-refractivity contribution in [3.8, 4) is 22.5 Å². The molecule has 1 heterocycles. The minimum atomic E-state index is -0.985. The first-order valence-electron chi connectivity index (χ1n) is 9.36. The number of aromatic nitrogens is 2. The van der Waals surface area contributed by atoms with Crippen molar-refractivity contribution in [1.82, 2.24) is 4.57 Å². The molecule has 0 unspecified atom stereocenters. The largest absolute Gasteiger partial charge is 0.710 e. The first kappa shape index (κ1) is 18.5. The molecule has 0 bridgehead atoms. The molecule has 0 aliphatic heterocycles. The molecule has 0 saturated heterocycles. The van der Waals surface area contributed by atoms with Crippen molar-refractivity contribution in [2.24, 2.45) is 0 Å². The van der Waals surface area contributed by atoms with Crippen molar-refractivity contribution >= 4 is 5.97 Å². The molecule has 1 aromatic heterocycles. The molecular formula is C24H20N2O3. The monoisotopic (exact) mass is 384 g/mol. The van der Waals surface area contributed by atoms with E-state index in [1.54, 1.807) is 4.57 Å². The quantitative estimate of drug-likeness (QED) is 0.397. The summed E-state index contributed by atoms with van der Waals surface area (Å²) in [7, 11) is 0. The van der Waals surface area contributed by atoms with E-state index in [9.17, 15) is 15.1 Å². The second-order valence-corrected chi connectivity index (χ2v) is 6.82. The summed E-state index contributed by atoms with van der Waals surface area (Å²) in [5, 5.41) is 22.9. The van der Waals surface area contributed by atoms with E-state index in [0.29, 0.717) is 11.4 Å². The molecule has 1 atom stereocenters. The zero-order chi connectivity index (χ0) is 20.2. The van der Waals surface area contributed by atoms with Gasteiger partial charge in [-0.3, -0.25) is 0 Å². The van der Waals surface area contributed by atoms with E-state index < -0.39 is 12.0 Å². The number of rotatable bonds is 6. The summed E-state index contributed by atoms with van der Waals surface area (Å²) in [5.74, 6) is -0.985. The van der Waals surface area contributed by atoms with E-state index in [-0.39, 0.29) is 6.42 Å². The molecule has 144 valence electrons. The average molecular weight is 384 g/mol. The molecule has 0 radical (unpaired) electrons. The van der Waals surface area contributed by atoms with Crippen molar-refractivity contribution in [2.75, 3.05) is 0 Å². The summed E-state index contributed by atoms with van der Waals surface area (Å²) in [4.78, 5) is 12.2. The molecule has 0 saturated carbocycles. The number of nitrogens with zero attached hydrogens (tertiary/aromatic N) is 2. The summed E-state index contributed by atoms with van der Waals surface area (Å²) in [6.07, 6.45) is 1.62. The molecule has 3 aromatic carbocycles. The lowest BCUT2D eigenvalue weighted by molar-refractivity contribution is -0.593. The van der Waals surface area contributed by atoms with Crippen LogP contribution in [0, 0.1) is 5.21 Å². The molecule has 0 aliphatic carbocycles. The van der Waals surface area contributed by atoms with E-state index in [1.807, 2.05) is 91.0 Å². The molecule has 0 spiro atoms. The van der Waals surface area contributed by atoms with Crippen molar-refractivity contribution in [3.05, 3.63) is 108 Å². The fraction of sp³-hybridized carbons (Fsp3) is 0.0833. The minimum absolute atomic E-state index is 0.277. The lowest BCUT2D eigenvalue weighted by Crippen LogP contribution is -2.27. The molecule has 5 nitrogen and oxygen atoms in total. The first-order valence-corrected chi connectivity index (χ1v) is 9.36. The van der Waals surface area contributed by atoms with Gasteiger partial charge >= 0.3 is 5.97 Å². The van der Waals surface area contributed by atoms with Gasteiger partial charge in [0.1, 0.15) is 0 Å². The van der Waals surface area contributed by atoms with Crippen LogP contribution in [0.1, 0.15) is 11.6 Å². The summed E-state index contributed by atoms with van der Waals surface area (Å²) in [5.41, 5.74) is 3.46. The summed E-state index contributed by atoms with van der Waals surface area (Å²) >= 11 is 0. The Kier molecular flexibility index (Phi) is 5.12. The van der Waals surface area contributed by atoms with Crippen LogP contribution in [0.3, 0.4) is 0 Å². The Hall–Kier alpha value is -3.86. The maximum absolute atomic E-state index is 12.9. The van der Waals surface area contributed by atoms with Crippen LogP contribution in [0.4, 0.5) is 0 Å². The van der Waals surface area contributed by atoms with Gasteiger partial charge in [-0.1, -0.05) is 91.0 Å². The smallest absolute Gasteiger partial charge is 0.349 e. The van der Waals surface area contributed by atoms with Crippen molar-refractivity contribution < 1.29 is 14.6 Å². The third-order valence-electron chi connectivity index (χ3n) is 4.92. The highest BCUT2D eigenvalue weighted by Gasteiger charge is 2.32. The van der Waals surface area contributed by atoms with Gasteiger partial charge in [-0.05, 0) is 5.56 Å². The molecule has 0 amide bonds. The van der Waals surface area contributed by atoms with Crippen LogP contribution in [-0.4, -0.2) is 15.6 Å². The lowest BCUT2D eigenvalue weighted by Gasteiger charge is -2.13. The molecule has 5 heteroatoms. The third kappa shape index (κ3) is 3.75. The van der Waals surface area contributed by atoms with Crippen LogP contribution in [0.2, 0.25) is 0 Å². The van der Waals surface area contributed by atoms with Crippen molar-refractivity contribution in [2.45, 2.75) is 12.5 Å². The topological polar surface area (TPSA) is 69.2 Å². The number of carboxylic acids is 1. The molecule has 4 aromatic rings. The number of imidazole rings is 1. The minimum Gasteiger partial charge on any atom is -0.710 e. The van der Waals surface area contributed by atoms with Gasteiger partial charge in [0.05, 0.1) is 0 Å². The maximum atomic E-state index is 12.9. The highest BCUT2D eigenvalue weighted by atomic mass is 16.5. The second-order valence-electron chi connectivity index (χ2n) is 6.82. The van der Waals surface area contributed by atoms with Gasteiger partial charge in [0.25, 0.3) is 0 Å². The van der Waals surface area contributed by atoms with Gasteiger partial charge in [-0.15, -0.1) is 0 Å². The van der Waals surface area contributed by atoms with E-state index in [4.69, 9.17) is 0 Å². The average Bonchev–Trinajstić information content (AvgIpc) is 3.10.